The largest absolute Gasteiger partial charge is 0.497 e. The lowest BCUT2D eigenvalue weighted by Gasteiger charge is -2.27. The first-order valence-corrected chi connectivity index (χ1v) is 8.88. The predicted octanol–water partition coefficient (Wildman–Crippen LogP) is 4.34. The maximum Gasteiger partial charge on any atom is 0.158 e. The second-order valence-electron chi connectivity index (χ2n) is 6.85. The predicted molar refractivity (Wildman–Crippen MR) is 92.7 cm³/mol. The summed E-state index contributed by atoms with van der Waals surface area (Å²) in [6.45, 7) is 0. The standard InChI is InChI=1S/C20H27NO2/c1-23-20-10-8-15(9-11-20)16-12-18(14-19(22)13-16)21-17-6-4-2-3-5-7-17/h8-11,14,16-17,21H,2-7,12-13H2,1H3/t16-/m1/s1. The van der Waals surface area contributed by atoms with Crippen LogP contribution in [-0.4, -0.2) is 18.9 Å². The van der Waals surface area contributed by atoms with Gasteiger partial charge in [0.15, 0.2) is 5.78 Å². The Balaban J connectivity index is 1.66. The van der Waals surface area contributed by atoms with Crippen LogP contribution in [0.25, 0.3) is 0 Å². The molecule has 124 valence electrons. The molecule has 0 heterocycles. The van der Waals surface area contributed by atoms with Gasteiger partial charge < -0.3 is 10.1 Å². The molecule has 1 atom stereocenters. The van der Waals surface area contributed by atoms with Crippen molar-refractivity contribution in [2.75, 3.05) is 7.11 Å². The van der Waals surface area contributed by atoms with Gasteiger partial charge in [-0.3, -0.25) is 4.79 Å². The van der Waals surface area contributed by atoms with Crippen molar-refractivity contribution in [2.24, 2.45) is 0 Å². The molecule has 0 aliphatic heterocycles. The van der Waals surface area contributed by atoms with E-state index in [1.165, 1.54) is 44.1 Å². The van der Waals surface area contributed by atoms with Crippen molar-refractivity contribution < 1.29 is 9.53 Å². The molecule has 1 saturated carbocycles. The molecule has 3 nitrogen and oxygen atoms in total. The molecule has 0 radical (unpaired) electrons. The quantitative estimate of drug-likeness (QED) is 0.840. The molecule has 2 aliphatic carbocycles. The van der Waals surface area contributed by atoms with Crippen LogP contribution in [0.3, 0.4) is 0 Å². The zero-order valence-corrected chi connectivity index (χ0v) is 14.0. The Morgan fingerprint density at radius 2 is 1.70 bits per heavy atom. The summed E-state index contributed by atoms with van der Waals surface area (Å²) in [7, 11) is 1.68. The monoisotopic (exact) mass is 313 g/mol. The van der Waals surface area contributed by atoms with Crippen LogP contribution >= 0.6 is 0 Å². The first-order valence-electron chi connectivity index (χ1n) is 8.88. The minimum Gasteiger partial charge on any atom is -0.497 e. The highest BCUT2D eigenvalue weighted by molar-refractivity contribution is 5.92. The van der Waals surface area contributed by atoms with Crippen LogP contribution in [0.4, 0.5) is 0 Å². The van der Waals surface area contributed by atoms with E-state index < -0.39 is 0 Å². The van der Waals surface area contributed by atoms with Gasteiger partial charge in [0.05, 0.1) is 7.11 Å². The number of benzene rings is 1. The van der Waals surface area contributed by atoms with Crippen molar-refractivity contribution in [1.82, 2.24) is 5.32 Å². The van der Waals surface area contributed by atoms with Crippen molar-refractivity contribution in [3.05, 3.63) is 41.6 Å². The molecule has 0 saturated heterocycles. The summed E-state index contributed by atoms with van der Waals surface area (Å²) in [6, 6.07) is 8.69. The molecule has 0 aromatic heterocycles. The normalized spacial score (nSPS) is 23.1. The average molecular weight is 313 g/mol. The van der Waals surface area contributed by atoms with E-state index >= 15 is 0 Å². The van der Waals surface area contributed by atoms with Gasteiger partial charge in [-0.05, 0) is 42.9 Å². The molecule has 0 amide bonds. The Morgan fingerprint density at radius 3 is 2.35 bits per heavy atom. The topological polar surface area (TPSA) is 38.3 Å². The molecular formula is C20H27NO2. The Labute approximate surface area is 139 Å². The lowest BCUT2D eigenvalue weighted by atomic mass is 9.85. The molecule has 3 rings (SSSR count). The van der Waals surface area contributed by atoms with Crippen LogP contribution in [0.2, 0.25) is 0 Å². The van der Waals surface area contributed by atoms with E-state index in [1.807, 2.05) is 18.2 Å². The molecule has 0 unspecified atom stereocenters. The Morgan fingerprint density at radius 1 is 1.00 bits per heavy atom. The highest BCUT2D eigenvalue weighted by Crippen LogP contribution is 2.32. The van der Waals surface area contributed by atoms with E-state index in [1.54, 1.807) is 7.11 Å². The first-order chi connectivity index (χ1) is 11.2. The average Bonchev–Trinajstić information content (AvgIpc) is 2.83. The molecule has 1 fully saturated rings. The highest BCUT2D eigenvalue weighted by atomic mass is 16.5. The summed E-state index contributed by atoms with van der Waals surface area (Å²) in [5.74, 6) is 1.39. The van der Waals surface area contributed by atoms with Crippen molar-refractivity contribution >= 4 is 5.78 Å². The van der Waals surface area contributed by atoms with E-state index in [4.69, 9.17) is 4.74 Å². The highest BCUT2D eigenvalue weighted by Gasteiger charge is 2.24. The van der Waals surface area contributed by atoms with Crippen LogP contribution < -0.4 is 10.1 Å². The van der Waals surface area contributed by atoms with Crippen LogP contribution in [0.15, 0.2) is 36.0 Å². The maximum absolute atomic E-state index is 12.1. The molecule has 2 aliphatic rings. The molecule has 1 aromatic carbocycles. The van der Waals surface area contributed by atoms with Crippen molar-refractivity contribution in [3.63, 3.8) is 0 Å². The number of methoxy groups -OCH3 is 1. The molecular weight excluding hydrogens is 286 g/mol. The molecule has 3 heteroatoms. The van der Waals surface area contributed by atoms with Crippen molar-refractivity contribution in [3.8, 4) is 5.75 Å². The third kappa shape index (κ3) is 4.37. The second-order valence-corrected chi connectivity index (χ2v) is 6.85. The van der Waals surface area contributed by atoms with E-state index in [0.29, 0.717) is 12.5 Å². The van der Waals surface area contributed by atoms with Gasteiger partial charge in [-0.25, -0.2) is 0 Å². The first kappa shape index (κ1) is 16.1. The second kappa shape index (κ2) is 7.67. The smallest absolute Gasteiger partial charge is 0.158 e. The van der Waals surface area contributed by atoms with E-state index in [0.717, 1.165) is 17.9 Å². The summed E-state index contributed by atoms with van der Waals surface area (Å²) in [5.41, 5.74) is 2.36. The number of ether oxygens (including phenoxy) is 1. The third-order valence-electron chi connectivity index (χ3n) is 5.08. The Bertz CT molecular complexity index is 554. The van der Waals surface area contributed by atoms with Crippen LogP contribution in [0, 0.1) is 0 Å². The van der Waals surface area contributed by atoms with Gasteiger partial charge in [-0.1, -0.05) is 37.8 Å². The summed E-state index contributed by atoms with van der Waals surface area (Å²) >= 11 is 0. The van der Waals surface area contributed by atoms with E-state index in [2.05, 4.69) is 17.4 Å². The van der Waals surface area contributed by atoms with Crippen LogP contribution in [0.5, 0.6) is 5.75 Å². The van der Waals surface area contributed by atoms with Crippen molar-refractivity contribution in [1.29, 1.82) is 0 Å². The fourth-order valence-electron chi connectivity index (χ4n) is 3.79. The molecule has 0 spiro atoms. The zero-order chi connectivity index (χ0) is 16.1. The SMILES string of the molecule is COc1ccc([C@H]2CC(=O)C=C(NC3CCCCCC3)C2)cc1. The fourth-order valence-corrected chi connectivity index (χ4v) is 3.79. The number of hydrogen-bond acceptors (Lipinski definition) is 3. The third-order valence-corrected chi connectivity index (χ3v) is 5.08. The van der Waals surface area contributed by atoms with Gasteiger partial charge >= 0.3 is 0 Å². The van der Waals surface area contributed by atoms with Gasteiger partial charge in [0.25, 0.3) is 0 Å². The molecule has 23 heavy (non-hydrogen) atoms. The summed E-state index contributed by atoms with van der Waals surface area (Å²) < 4.78 is 5.22. The minimum absolute atomic E-state index is 0.244. The van der Waals surface area contributed by atoms with Crippen LogP contribution in [0.1, 0.15) is 62.8 Å². The van der Waals surface area contributed by atoms with Gasteiger partial charge in [-0.2, -0.15) is 0 Å². The fraction of sp³-hybridized carbons (Fsp3) is 0.550. The van der Waals surface area contributed by atoms with Gasteiger partial charge in [-0.15, -0.1) is 0 Å². The molecule has 1 N–H and O–H groups in total. The lowest BCUT2D eigenvalue weighted by molar-refractivity contribution is -0.115. The zero-order valence-electron chi connectivity index (χ0n) is 14.0. The van der Waals surface area contributed by atoms with Crippen LogP contribution in [-0.2, 0) is 4.79 Å². The van der Waals surface area contributed by atoms with Gasteiger partial charge in [0.2, 0.25) is 0 Å². The molecule has 0 bridgehead atoms. The Kier molecular flexibility index (Phi) is 5.37. The van der Waals surface area contributed by atoms with E-state index in [-0.39, 0.29) is 11.7 Å². The lowest BCUT2D eigenvalue weighted by Crippen LogP contribution is -2.31. The number of hydrogen-bond donors (Lipinski definition) is 1. The number of allylic oxidation sites excluding steroid dienone is 2. The number of carbonyl (C=O) groups is 1. The molecule has 1 aromatic rings. The van der Waals surface area contributed by atoms with E-state index in [9.17, 15) is 4.79 Å². The maximum atomic E-state index is 12.1. The van der Waals surface area contributed by atoms with Gasteiger partial charge in [0, 0.05) is 24.2 Å². The minimum atomic E-state index is 0.244. The van der Waals surface area contributed by atoms with Gasteiger partial charge in [0.1, 0.15) is 5.75 Å². The number of ketones is 1. The summed E-state index contributed by atoms with van der Waals surface area (Å²) in [6.07, 6.45) is 11.2. The summed E-state index contributed by atoms with van der Waals surface area (Å²) in [4.78, 5) is 12.1. The number of rotatable bonds is 4. The Hall–Kier alpha value is -1.77. The van der Waals surface area contributed by atoms with Crippen molar-refractivity contribution in [2.45, 2.75) is 63.3 Å². The number of nitrogens with one attached hydrogen (secondary N) is 1. The summed E-state index contributed by atoms with van der Waals surface area (Å²) in [5, 5.41) is 3.67. The number of carbonyl (C=O) groups excluding carboxylic acids is 1.